The van der Waals surface area contributed by atoms with Gasteiger partial charge in [0.2, 0.25) is 0 Å². The zero-order valence-electron chi connectivity index (χ0n) is 9.73. The highest BCUT2D eigenvalue weighted by molar-refractivity contribution is 7.14. The number of aromatic nitrogens is 2. The predicted octanol–water partition coefficient (Wildman–Crippen LogP) is 3.02. The SMILES string of the molecule is Cc1sc(C(=O)O)cc1Cn1cc(C(F)(F)F)cn1. The van der Waals surface area contributed by atoms with Gasteiger partial charge in [-0.15, -0.1) is 11.3 Å². The maximum Gasteiger partial charge on any atom is 0.419 e. The van der Waals surface area contributed by atoms with Crippen molar-refractivity contribution >= 4 is 17.3 Å². The summed E-state index contributed by atoms with van der Waals surface area (Å²) in [5, 5.41) is 12.5. The Morgan fingerprint density at radius 3 is 2.68 bits per heavy atom. The normalized spacial score (nSPS) is 11.8. The lowest BCUT2D eigenvalue weighted by atomic mass is 10.2. The molecule has 0 aliphatic heterocycles. The molecule has 4 nitrogen and oxygen atoms in total. The summed E-state index contributed by atoms with van der Waals surface area (Å²) >= 11 is 1.09. The van der Waals surface area contributed by atoms with Gasteiger partial charge in [-0.1, -0.05) is 0 Å². The highest BCUT2D eigenvalue weighted by Gasteiger charge is 2.32. The summed E-state index contributed by atoms with van der Waals surface area (Å²) in [6.45, 7) is 1.84. The van der Waals surface area contributed by atoms with Crippen molar-refractivity contribution < 1.29 is 23.1 Å². The highest BCUT2D eigenvalue weighted by atomic mass is 32.1. The van der Waals surface area contributed by atoms with Crippen molar-refractivity contribution in [3.05, 3.63) is 39.3 Å². The lowest BCUT2D eigenvalue weighted by molar-refractivity contribution is -0.137. The molecule has 0 saturated carbocycles. The summed E-state index contributed by atoms with van der Waals surface area (Å²) in [5.41, 5.74) is -0.168. The minimum absolute atomic E-state index is 0.117. The van der Waals surface area contributed by atoms with Gasteiger partial charge in [0.1, 0.15) is 4.88 Å². The molecule has 0 fully saturated rings. The third kappa shape index (κ3) is 2.95. The number of alkyl halides is 3. The van der Waals surface area contributed by atoms with Gasteiger partial charge in [0.15, 0.2) is 0 Å². The molecule has 2 rings (SSSR count). The zero-order chi connectivity index (χ0) is 14.2. The van der Waals surface area contributed by atoms with Crippen molar-refractivity contribution in [3.63, 3.8) is 0 Å². The van der Waals surface area contributed by atoms with Crippen LogP contribution in [0.15, 0.2) is 18.5 Å². The average Bonchev–Trinajstić information content (AvgIpc) is 2.86. The number of aryl methyl sites for hydroxylation is 1. The van der Waals surface area contributed by atoms with E-state index in [1.54, 1.807) is 6.92 Å². The molecule has 0 spiro atoms. The fourth-order valence-corrected chi connectivity index (χ4v) is 2.43. The number of carboxylic acid groups (broad SMARTS) is 1. The van der Waals surface area contributed by atoms with Crippen molar-refractivity contribution in [1.29, 1.82) is 0 Å². The van der Waals surface area contributed by atoms with Crippen LogP contribution in [0.4, 0.5) is 13.2 Å². The van der Waals surface area contributed by atoms with Crippen LogP contribution in [0.5, 0.6) is 0 Å². The molecule has 0 aromatic carbocycles. The van der Waals surface area contributed by atoms with Crippen molar-refractivity contribution in [2.45, 2.75) is 19.6 Å². The topological polar surface area (TPSA) is 55.1 Å². The molecule has 1 N–H and O–H groups in total. The number of hydrogen-bond donors (Lipinski definition) is 1. The first-order valence-electron chi connectivity index (χ1n) is 5.19. The Balaban J connectivity index is 2.22. The minimum atomic E-state index is -4.42. The average molecular weight is 290 g/mol. The Morgan fingerprint density at radius 1 is 1.53 bits per heavy atom. The van der Waals surface area contributed by atoms with E-state index in [0.29, 0.717) is 5.56 Å². The van der Waals surface area contributed by atoms with E-state index < -0.39 is 17.7 Å². The number of carboxylic acids is 1. The third-order valence-corrected chi connectivity index (χ3v) is 3.61. The molecule has 0 radical (unpaired) electrons. The molecule has 0 amide bonds. The fourth-order valence-electron chi connectivity index (χ4n) is 1.55. The summed E-state index contributed by atoms with van der Waals surface area (Å²) in [6, 6.07) is 1.46. The molecule has 19 heavy (non-hydrogen) atoms. The molecule has 8 heteroatoms. The van der Waals surface area contributed by atoms with Gasteiger partial charge in [-0.05, 0) is 18.6 Å². The summed E-state index contributed by atoms with van der Waals surface area (Å²) in [6.07, 6.45) is -2.77. The lowest BCUT2D eigenvalue weighted by Gasteiger charge is -2.02. The molecular formula is C11H9F3N2O2S. The van der Waals surface area contributed by atoms with Gasteiger partial charge in [0.05, 0.1) is 18.3 Å². The summed E-state index contributed by atoms with van der Waals surface area (Å²) in [4.78, 5) is 11.7. The molecule has 2 heterocycles. The number of thiophene rings is 1. The summed E-state index contributed by atoms with van der Waals surface area (Å²) in [7, 11) is 0. The number of halogens is 3. The summed E-state index contributed by atoms with van der Waals surface area (Å²) in [5.74, 6) is -1.05. The van der Waals surface area contributed by atoms with Crippen molar-refractivity contribution in [3.8, 4) is 0 Å². The molecule has 2 aromatic rings. The van der Waals surface area contributed by atoms with Crippen LogP contribution in [-0.2, 0) is 12.7 Å². The Labute approximate surface area is 110 Å². The van der Waals surface area contributed by atoms with Crippen molar-refractivity contribution in [2.75, 3.05) is 0 Å². The van der Waals surface area contributed by atoms with E-state index in [1.807, 2.05) is 0 Å². The maximum absolute atomic E-state index is 12.4. The Bertz CT molecular complexity index is 616. The largest absolute Gasteiger partial charge is 0.477 e. The Morgan fingerprint density at radius 2 is 2.21 bits per heavy atom. The first kappa shape index (κ1) is 13.6. The van der Waals surface area contributed by atoms with Crippen LogP contribution in [-0.4, -0.2) is 20.9 Å². The molecule has 0 aliphatic carbocycles. The number of hydrogen-bond acceptors (Lipinski definition) is 3. The first-order valence-corrected chi connectivity index (χ1v) is 6.01. The van der Waals surface area contributed by atoms with Crippen LogP contribution in [0, 0.1) is 6.92 Å². The van der Waals surface area contributed by atoms with Gasteiger partial charge in [0, 0.05) is 11.1 Å². The zero-order valence-corrected chi connectivity index (χ0v) is 10.5. The minimum Gasteiger partial charge on any atom is -0.477 e. The molecule has 0 saturated heterocycles. The number of rotatable bonds is 3. The van der Waals surface area contributed by atoms with E-state index in [9.17, 15) is 18.0 Å². The molecule has 0 aliphatic rings. The van der Waals surface area contributed by atoms with Crippen LogP contribution in [0.3, 0.4) is 0 Å². The van der Waals surface area contributed by atoms with Gasteiger partial charge >= 0.3 is 12.1 Å². The molecule has 0 atom stereocenters. The summed E-state index contributed by atoms with van der Waals surface area (Å²) < 4.78 is 38.3. The number of aromatic carboxylic acids is 1. The van der Waals surface area contributed by atoms with E-state index in [-0.39, 0.29) is 11.4 Å². The first-order chi connectivity index (χ1) is 8.77. The highest BCUT2D eigenvalue weighted by Crippen LogP contribution is 2.29. The molecule has 0 unspecified atom stereocenters. The van der Waals surface area contributed by atoms with Crippen LogP contribution in [0.25, 0.3) is 0 Å². The van der Waals surface area contributed by atoms with E-state index in [0.717, 1.165) is 33.3 Å². The van der Waals surface area contributed by atoms with Gasteiger partial charge < -0.3 is 5.11 Å². The van der Waals surface area contributed by atoms with Crippen LogP contribution < -0.4 is 0 Å². The van der Waals surface area contributed by atoms with Gasteiger partial charge in [0.25, 0.3) is 0 Å². The Kier molecular flexibility index (Phi) is 3.36. The number of carbonyl (C=O) groups is 1. The Hall–Kier alpha value is -1.83. The predicted molar refractivity (Wildman–Crippen MR) is 62.3 cm³/mol. The standard InChI is InChI=1S/C11H9F3N2O2S/c1-6-7(2-9(19-6)10(17)18)4-16-5-8(3-15-16)11(12,13)14/h2-3,5H,4H2,1H3,(H,17,18). The molecular weight excluding hydrogens is 281 g/mol. The fraction of sp³-hybridized carbons (Fsp3) is 0.273. The quantitative estimate of drug-likeness (QED) is 0.945. The smallest absolute Gasteiger partial charge is 0.419 e. The second-order valence-electron chi connectivity index (χ2n) is 3.92. The van der Waals surface area contributed by atoms with E-state index in [2.05, 4.69) is 5.10 Å². The second-order valence-corrected chi connectivity index (χ2v) is 5.18. The van der Waals surface area contributed by atoms with Gasteiger partial charge in [-0.2, -0.15) is 18.3 Å². The van der Waals surface area contributed by atoms with Crippen LogP contribution >= 0.6 is 11.3 Å². The van der Waals surface area contributed by atoms with E-state index >= 15 is 0 Å². The van der Waals surface area contributed by atoms with Gasteiger partial charge in [-0.3, -0.25) is 4.68 Å². The third-order valence-electron chi connectivity index (χ3n) is 2.52. The molecule has 0 bridgehead atoms. The van der Waals surface area contributed by atoms with E-state index in [1.165, 1.54) is 6.07 Å². The number of nitrogens with zero attached hydrogens (tertiary/aromatic N) is 2. The van der Waals surface area contributed by atoms with Crippen LogP contribution in [0.2, 0.25) is 0 Å². The van der Waals surface area contributed by atoms with E-state index in [4.69, 9.17) is 5.11 Å². The van der Waals surface area contributed by atoms with Crippen molar-refractivity contribution in [2.24, 2.45) is 0 Å². The maximum atomic E-state index is 12.4. The second kappa shape index (κ2) is 4.69. The molecule has 102 valence electrons. The van der Waals surface area contributed by atoms with Gasteiger partial charge in [-0.25, -0.2) is 4.79 Å². The monoisotopic (exact) mass is 290 g/mol. The van der Waals surface area contributed by atoms with Crippen LogP contribution in [0.1, 0.15) is 25.7 Å². The van der Waals surface area contributed by atoms with Crippen molar-refractivity contribution in [1.82, 2.24) is 9.78 Å². The lowest BCUT2D eigenvalue weighted by Crippen LogP contribution is -2.04. The molecule has 2 aromatic heterocycles.